The zero-order valence-corrected chi connectivity index (χ0v) is 15.7. The highest BCUT2D eigenvalue weighted by atomic mass is 16.5. The predicted molar refractivity (Wildman–Crippen MR) is 103 cm³/mol. The van der Waals surface area contributed by atoms with E-state index in [1.54, 1.807) is 0 Å². The summed E-state index contributed by atoms with van der Waals surface area (Å²) < 4.78 is 4.84. The van der Waals surface area contributed by atoms with Crippen LogP contribution in [0.5, 0.6) is 0 Å². The lowest BCUT2D eigenvalue weighted by Crippen LogP contribution is -2.21. The molecule has 0 heterocycles. The minimum Gasteiger partial charge on any atom is -0.463 e. The lowest BCUT2D eigenvalue weighted by Gasteiger charge is -2.08. The Morgan fingerprint density at radius 2 is 1.52 bits per heavy atom. The summed E-state index contributed by atoms with van der Waals surface area (Å²) in [4.78, 5) is 11.4. The molecule has 25 heavy (non-hydrogen) atoms. The van der Waals surface area contributed by atoms with E-state index in [0.29, 0.717) is 6.42 Å². The van der Waals surface area contributed by atoms with Gasteiger partial charge in [-0.25, -0.2) is 0 Å². The van der Waals surface area contributed by atoms with Crippen LogP contribution >= 0.6 is 0 Å². The first-order valence-electron chi connectivity index (χ1n) is 9.60. The Hall–Kier alpha value is -1.39. The van der Waals surface area contributed by atoms with Crippen molar-refractivity contribution in [3.8, 4) is 0 Å². The SMILES string of the molecule is CCCC=CCC=CCC=CCCCCCCC(=O)OCC(O)CO. The smallest absolute Gasteiger partial charge is 0.305 e. The number of carbonyl (C=O) groups excluding carboxylic acids is 1. The normalized spacial score (nSPS) is 13.2. The zero-order valence-electron chi connectivity index (χ0n) is 15.7. The van der Waals surface area contributed by atoms with Crippen LogP contribution in [0, 0.1) is 0 Å². The predicted octanol–water partition coefficient (Wildman–Crippen LogP) is 4.47. The molecule has 0 rings (SSSR count). The maximum Gasteiger partial charge on any atom is 0.305 e. The van der Waals surface area contributed by atoms with Crippen LogP contribution < -0.4 is 0 Å². The Bertz CT molecular complexity index is 385. The van der Waals surface area contributed by atoms with Crippen LogP contribution in [0.4, 0.5) is 0 Å². The summed E-state index contributed by atoms with van der Waals surface area (Å²) in [5, 5.41) is 17.7. The van der Waals surface area contributed by atoms with Gasteiger partial charge in [0, 0.05) is 6.42 Å². The molecule has 0 spiro atoms. The molecule has 0 aliphatic heterocycles. The van der Waals surface area contributed by atoms with Gasteiger partial charge in [0.1, 0.15) is 12.7 Å². The van der Waals surface area contributed by atoms with Gasteiger partial charge in [-0.15, -0.1) is 0 Å². The second kappa shape index (κ2) is 18.9. The third-order valence-electron chi connectivity index (χ3n) is 3.65. The van der Waals surface area contributed by atoms with Crippen LogP contribution in [-0.2, 0) is 9.53 Å². The Morgan fingerprint density at radius 3 is 2.16 bits per heavy atom. The molecule has 144 valence electrons. The highest BCUT2D eigenvalue weighted by Crippen LogP contribution is 2.07. The van der Waals surface area contributed by atoms with Crippen molar-refractivity contribution in [3.05, 3.63) is 36.5 Å². The van der Waals surface area contributed by atoms with Gasteiger partial charge in [-0.2, -0.15) is 0 Å². The van der Waals surface area contributed by atoms with Crippen molar-refractivity contribution in [2.24, 2.45) is 0 Å². The Balaban J connectivity index is 3.37. The fourth-order valence-electron chi connectivity index (χ4n) is 2.14. The maximum atomic E-state index is 11.4. The first-order chi connectivity index (χ1) is 12.2. The molecule has 0 saturated heterocycles. The Labute approximate surface area is 153 Å². The van der Waals surface area contributed by atoms with Crippen LogP contribution in [0.1, 0.15) is 71.1 Å². The Morgan fingerprint density at radius 1 is 0.920 bits per heavy atom. The third-order valence-corrected chi connectivity index (χ3v) is 3.65. The van der Waals surface area contributed by atoms with E-state index >= 15 is 0 Å². The van der Waals surface area contributed by atoms with Crippen LogP contribution in [-0.4, -0.2) is 35.5 Å². The van der Waals surface area contributed by atoms with Crippen LogP contribution in [0.15, 0.2) is 36.5 Å². The molecule has 0 fully saturated rings. The van der Waals surface area contributed by atoms with E-state index in [0.717, 1.165) is 44.9 Å². The average molecular weight is 353 g/mol. The molecule has 4 heteroatoms. The van der Waals surface area contributed by atoms with Crippen molar-refractivity contribution in [1.29, 1.82) is 0 Å². The largest absolute Gasteiger partial charge is 0.463 e. The fourth-order valence-corrected chi connectivity index (χ4v) is 2.14. The number of ether oxygens (including phenoxy) is 1. The van der Waals surface area contributed by atoms with Crippen molar-refractivity contribution in [3.63, 3.8) is 0 Å². The minimum atomic E-state index is -0.969. The topological polar surface area (TPSA) is 66.8 Å². The van der Waals surface area contributed by atoms with Gasteiger partial charge in [-0.05, 0) is 38.5 Å². The molecule has 4 nitrogen and oxygen atoms in total. The number of allylic oxidation sites excluding steroid dienone is 6. The number of carbonyl (C=O) groups is 1. The number of esters is 1. The number of aliphatic hydroxyl groups is 2. The molecule has 0 saturated carbocycles. The molecule has 0 radical (unpaired) electrons. The van der Waals surface area contributed by atoms with Crippen LogP contribution in [0.3, 0.4) is 0 Å². The lowest BCUT2D eigenvalue weighted by atomic mass is 10.1. The second-order valence-electron chi connectivity index (χ2n) is 6.15. The van der Waals surface area contributed by atoms with Gasteiger partial charge in [0.2, 0.25) is 0 Å². The highest BCUT2D eigenvalue weighted by Gasteiger charge is 2.07. The van der Waals surface area contributed by atoms with Gasteiger partial charge in [-0.3, -0.25) is 4.79 Å². The van der Waals surface area contributed by atoms with Gasteiger partial charge in [0.15, 0.2) is 0 Å². The Kier molecular flexibility index (Phi) is 17.9. The molecule has 0 aliphatic rings. The second-order valence-corrected chi connectivity index (χ2v) is 6.15. The number of hydrogen-bond donors (Lipinski definition) is 2. The monoisotopic (exact) mass is 352 g/mol. The lowest BCUT2D eigenvalue weighted by molar-refractivity contribution is -0.147. The summed E-state index contributed by atoms with van der Waals surface area (Å²) in [6.45, 7) is 1.68. The van der Waals surface area contributed by atoms with E-state index in [1.807, 2.05) is 0 Å². The minimum absolute atomic E-state index is 0.121. The third kappa shape index (κ3) is 18.8. The molecule has 0 bridgehead atoms. The molecule has 0 aromatic rings. The van der Waals surface area contributed by atoms with Crippen molar-refractivity contribution in [2.75, 3.05) is 13.2 Å². The molecule has 2 N–H and O–H groups in total. The molecule has 0 aliphatic carbocycles. The van der Waals surface area contributed by atoms with Gasteiger partial charge in [0.25, 0.3) is 0 Å². The highest BCUT2D eigenvalue weighted by molar-refractivity contribution is 5.69. The molecule has 1 atom stereocenters. The molecule has 0 aromatic carbocycles. The summed E-state index contributed by atoms with van der Waals surface area (Å²) in [6, 6.07) is 0. The summed E-state index contributed by atoms with van der Waals surface area (Å²) in [5.41, 5.74) is 0. The number of rotatable bonds is 16. The summed E-state index contributed by atoms with van der Waals surface area (Å²) in [5.74, 6) is -0.302. The van der Waals surface area contributed by atoms with E-state index in [9.17, 15) is 4.79 Å². The standard InChI is InChI=1S/C21H36O4/c1-2-3-4-5-6-7-8-9-10-11-12-13-14-15-16-17-21(24)25-19-20(23)18-22/h4-5,7-8,10-11,20,22-23H,2-3,6,9,12-19H2,1H3. The van der Waals surface area contributed by atoms with Crippen molar-refractivity contribution >= 4 is 5.97 Å². The molecule has 0 aromatic heterocycles. The van der Waals surface area contributed by atoms with Crippen molar-refractivity contribution in [2.45, 2.75) is 77.2 Å². The quantitative estimate of drug-likeness (QED) is 0.244. The van der Waals surface area contributed by atoms with E-state index < -0.39 is 6.10 Å². The fraction of sp³-hybridized carbons (Fsp3) is 0.667. The van der Waals surface area contributed by atoms with Gasteiger partial charge in [-0.1, -0.05) is 62.6 Å². The maximum absolute atomic E-state index is 11.4. The van der Waals surface area contributed by atoms with Gasteiger partial charge in [0.05, 0.1) is 6.61 Å². The number of unbranched alkanes of at least 4 members (excludes halogenated alkanes) is 5. The first kappa shape index (κ1) is 23.6. The van der Waals surface area contributed by atoms with E-state index in [-0.39, 0.29) is 19.2 Å². The summed E-state index contributed by atoms with van der Waals surface area (Å²) in [7, 11) is 0. The number of aliphatic hydroxyl groups excluding tert-OH is 2. The van der Waals surface area contributed by atoms with Gasteiger partial charge >= 0.3 is 5.97 Å². The van der Waals surface area contributed by atoms with Crippen LogP contribution in [0.25, 0.3) is 0 Å². The van der Waals surface area contributed by atoms with E-state index in [2.05, 4.69) is 43.4 Å². The average Bonchev–Trinajstić information content (AvgIpc) is 2.62. The molecular formula is C21H36O4. The molecule has 1 unspecified atom stereocenters. The van der Waals surface area contributed by atoms with E-state index in [4.69, 9.17) is 14.9 Å². The zero-order chi connectivity index (χ0) is 18.6. The summed E-state index contributed by atoms with van der Waals surface area (Å²) in [6.07, 6.45) is 22.2. The first-order valence-corrected chi connectivity index (χ1v) is 9.60. The molecule has 0 amide bonds. The molecular weight excluding hydrogens is 316 g/mol. The van der Waals surface area contributed by atoms with Crippen LogP contribution in [0.2, 0.25) is 0 Å². The van der Waals surface area contributed by atoms with Gasteiger partial charge < -0.3 is 14.9 Å². The van der Waals surface area contributed by atoms with E-state index in [1.165, 1.54) is 12.8 Å². The summed E-state index contributed by atoms with van der Waals surface area (Å²) >= 11 is 0. The number of hydrogen-bond acceptors (Lipinski definition) is 4. The van der Waals surface area contributed by atoms with Crippen molar-refractivity contribution in [1.82, 2.24) is 0 Å². The van der Waals surface area contributed by atoms with Crippen molar-refractivity contribution < 1.29 is 19.7 Å².